The molecule has 8 aromatic rings. The summed E-state index contributed by atoms with van der Waals surface area (Å²) in [6.07, 6.45) is 10.2. The van der Waals surface area contributed by atoms with Crippen molar-refractivity contribution in [2.24, 2.45) is 14.1 Å². The van der Waals surface area contributed by atoms with E-state index in [1.54, 1.807) is 110 Å². The molecule has 6 aromatic heterocycles. The van der Waals surface area contributed by atoms with Gasteiger partial charge in [0, 0.05) is 112 Å². The van der Waals surface area contributed by atoms with Gasteiger partial charge in [-0.25, -0.2) is 29.9 Å². The Morgan fingerprint density at radius 1 is 0.526 bits per heavy atom. The minimum Gasteiger partial charge on any atom is -0.497 e. The summed E-state index contributed by atoms with van der Waals surface area (Å²) in [5.41, 5.74) is 19.8. The lowest BCUT2D eigenvalue weighted by atomic mass is 10.1. The number of ether oxygens (including phenoxy) is 6. The Bertz CT molecular complexity index is 3330. The van der Waals surface area contributed by atoms with E-state index in [1.807, 2.05) is 29.4 Å². The van der Waals surface area contributed by atoms with Crippen LogP contribution in [0.2, 0.25) is 0 Å². The molecule has 24 heteroatoms. The Morgan fingerprint density at radius 2 is 0.949 bits per heavy atom. The van der Waals surface area contributed by atoms with Gasteiger partial charge < -0.3 is 49.0 Å². The van der Waals surface area contributed by atoms with Gasteiger partial charge in [-0.15, -0.1) is 0 Å². The molecule has 8 heterocycles. The van der Waals surface area contributed by atoms with Crippen LogP contribution in [0.4, 0.5) is 11.6 Å². The quantitative estimate of drug-likeness (QED) is 0.138. The molecule has 0 radical (unpaired) electrons. The molecule has 0 unspecified atom stereocenters. The number of nitrogen functional groups attached to an aromatic ring is 2. The zero-order valence-corrected chi connectivity index (χ0v) is 45.1. The van der Waals surface area contributed by atoms with E-state index in [1.165, 1.54) is 9.13 Å². The topological polar surface area (TPSA) is 271 Å². The summed E-state index contributed by atoms with van der Waals surface area (Å²) in [7, 11) is 9.52. The van der Waals surface area contributed by atoms with Gasteiger partial charge in [0.2, 0.25) is 0 Å². The van der Waals surface area contributed by atoms with Crippen molar-refractivity contribution in [3.05, 3.63) is 106 Å². The maximum atomic E-state index is 13.1. The molecule has 2 aliphatic heterocycles. The first-order valence-corrected chi connectivity index (χ1v) is 25.3. The summed E-state index contributed by atoms with van der Waals surface area (Å²) in [5, 5.41) is 9.27. The van der Waals surface area contributed by atoms with E-state index < -0.39 is 0 Å². The molecule has 0 saturated carbocycles. The fourth-order valence-electron chi connectivity index (χ4n) is 9.08. The Hall–Kier alpha value is -8.58. The second-order valence-corrected chi connectivity index (χ2v) is 18.6. The summed E-state index contributed by atoms with van der Waals surface area (Å²) < 4.78 is 39.2. The highest BCUT2D eigenvalue weighted by molar-refractivity contribution is 5.75. The van der Waals surface area contributed by atoms with Crippen molar-refractivity contribution >= 4 is 11.6 Å². The molecule has 78 heavy (non-hydrogen) atoms. The number of aryl methyl sites for hydroxylation is 3. The number of hydrogen-bond donors (Lipinski definition) is 2. The SMILES string of the molecule is COc1cc(OC)cc(-c2nc(-c3nc(-c4cn(CCN5CCOCC5)nc4C)cnc3N)cn(C)c2=O)c1.COc1cc(OC)cc(-c2nc(-c3nc(-c4cnn(CCN5CCOCC5)c4C)cnc3N)cn(C)c2=O)c1. The maximum absolute atomic E-state index is 13.1. The summed E-state index contributed by atoms with van der Waals surface area (Å²) in [6.45, 7) is 14.0. The van der Waals surface area contributed by atoms with Crippen LogP contribution in [-0.2, 0) is 36.7 Å². The zero-order valence-electron chi connectivity index (χ0n) is 45.1. The van der Waals surface area contributed by atoms with Crippen LogP contribution >= 0.6 is 0 Å². The van der Waals surface area contributed by atoms with E-state index in [4.69, 9.17) is 49.9 Å². The Morgan fingerprint density at radius 3 is 1.40 bits per heavy atom. The van der Waals surface area contributed by atoms with Crippen LogP contribution < -0.4 is 41.5 Å². The van der Waals surface area contributed by atoms with Crippen molar-refractivity contribution in [1.29, 1.82) is 0 Å². The Kier molecular flexibility index (Phi) is 16.8. The van der Waals surface area contributed by atoms with Crippen molar-refractivity contribution < 1.29 is 28.4 Å². The van der Waals surface area contributed by atoms with Crippen LogP contribution in [0.1, 0.15) is 11.4 Å². The number of methoxy groups -OCH3 is 4. The molecule has 2 aliphatic rings. The molecule has 10 rings (SSSR count). The average Bonchev–Trinajstić information content (AvgIpc) is 4.13. The van der Waals surface area contributed by atoms with Gasteiger partial charge >= 0.3 is 0 Å². The highest BCUT2D eigenvalue weighted by Gasteiger charge is 2.22. The number of benzene rings is 2. The van der Waals surface area contributed by atoms with Gasteiger partial charge in [0.15, 0.2) is 11.6 Å². The number of morpholine rings is 2. The number of hydrogen-bond acceptors (Lipinski definition) is 20. The third-order valence-corrected chi connectivity index (χ3v) is 13.6. The third kappa shape index (κ3) is 12.2. The van der Waals surface area contributed by atoms with E-state index in [9.17, 15) is 9.59 Å². The Labute approximate surface area is 450 Å². The van der Waals surface area contributed by atoms with Crippen LogP contribution in [-0.4, -0.2) is 163 Å². The molecule has 2 fully saturated rings. The highest BCUT2D eigenvalue weighted by Crippen LogP contribution is 2.33. The fourth-order valence-corrected chi connectivity index (χ4v) is 9.08. The number of rotatable bonds is 16. The van der Waals surface area contributed by atoms with Crippen LogP contribution in [0.25, 0.3) is 67.8 Å². The minimum atomic E-state index is -0.283. The minimum absolute atomic E-state index is 0.205. The van der Waals surface area contributed by atoms with Crippen molar-refractivity contribution in [2.45, 2.75) is 26.9 Å². The lowest BCUT2D eigenvalue weighted by Crippen LogP contribution is -2.38. The van der Waals surface area contributed by atoms with Crippen LogP contribution in [0, 0.1) is 13.8 Å². The molecular weight excluding hydrogens is 1000 g/mol. The molecule has 24 nitrogen and oxygen atoms in total. The maximum Gasteiger partial charge on any atom is 0.276 e. The van der Waals surface area contributed by atoms with Gasteiger partial charge in [-0.3, -0.25) is 28.8 Å². The van der Waals surface area contributed by atoms with Crippen molar-refractivity contribution in [3.8, 4) is 90.8 Å². The summed E-state index contributed by atoms with van der Waals surface area (Å²) in [5.74, 6) is 2.58. The highest BCUT2D eigenvalue weighted by atomic mass is 16.5. The van der Waals surface area contributed by atoms with Crippen LogP contribution in [0.15, 0.2) is 83.2 Å². The van der Waals surface area contributed by atoms with E-state index in [2.05, 4.69) is 39.9 Å². The molecule has 0 spiro atoms. The van der Waals surface area contributed by atoms with Gasteiger partial charge in [-0.1, -0.05) is 0 Å². The van der Waals surface area contributed by atoms with Gasteiger partial charge in [0.05, 0.1) is 104 Å². The first-order valence-electron chi connectivity index (χ1n) is 25.3. The van der Waals surface area contributed by atoms with Gasteiger partial charge in [-0.05, 0) is 38.1 Å². The molecule has 0 aliphatic carbocycles. The van der Waals surface area contributed by atoms with Gasteiger partial charge in [0.25, 0.3) is 11.1 Å². The van der Waals surface area contributed by atoms with Gasteiger partial charge in [-0.2, -0.15) is 10.2 Å². The number of anilines is 2. The first kappa shape index (κ1) is 54.2. The predicted molar refractivity (Wildman–Crippen MR) is 293 cm³/mol. The number of nitrogens with two attached hydrogens (primary N) is 2. The lowest BCUT2D eigenvalue weighted by Gasteiger charge is -2.26. The standard InChI is InChI=1S/2C27H32N8O4/c1-17-21(15-35(32-17)6-5-34-7-9-39-10-8-34)22-14-29-26(28)25(30-22)23-16-33(2)27(36)24(31-23)18-11-19(37-3)13-20(12-18)38-4;1-17-21(14-30-35(17)6-5-34-7-9-39-10-8-34)22-15-29-26(28)25(31-22)23-16-33(2)27(36)24(32-23)18-11-19(37-3)13-20(12-18)38-4/h2*11-16H,5-10H2,1-4H3,(H2,28,29). The molecule has 2 saturated heterocycles. The van der Waals surface area contributed by atoms with Crippen molar-refractivity contribution in [2.75, 3.05) is 106 Å². The summed E-state index contributed by atoms with van der Waals surface area (Å²) in [6, 6.07) is 10.4. The second kappa shape index (κ2) is 24.2. The number of nitrogens with zero attached hydrogens (tertiary/aromatic N) is 14. The van der Waals surface area contributed by atoms with Crippen LogP contribution in [0.5, 0.6) is 23.0 Å². The second-order valence-electron chi connectivity index (χ2n) is 18.6. The largest absolute Gasteiger partial charge is 0.497 e. The monoisotopic (exact) mass is 1060 g/mol. The summed E-state index contributed by atoms with van der Waals surface area (Å²) >= 11 is 0. The summed E-state index contributed by atoms with van der Waals surface area (Å²) in [4.78, 5) is 58.6. The zero-order chi connectivity index (χ0) is 55.0. The van der Waals surface area contributed by atoms with Crippen LogP contribution in [0.3, 0.4) is 0 Å². The molecule has 4 N–H and O–H groups in total. The smallest absolute Gasteiger partial charge is 0.276 e. The van der Waals surface area contributed by atoms with E-state index in [-0.39, 0.29) is 34.1 Å². The average molecular weight is 1070 g/mol. The van der Waals surface area contributed by atoms with Gasteiger partial charge in [0.1, 0.15) is 57.2 Å². The molecule has 2 aromatic carbocycles. The predicted octanol–water partition coefficient (Wildman–Crippen LogP) is 4.02. The van der Waals surface area contributed by atoms with Crippen molar-refractivity contribution in [1.82, 2.24) is 68.4 Å². The van der Waals surface area contributed by atoms with Crippen molar-refractivity contribution in [3.63, 3.8) is 0 Å². The first-order chi connectivity index (χ1) is 37.7. The molecule has 0 atom stereocenters. The number of aromatic nitrogens is 12. The van der Waals surface area contributed by atoms with E-state index >= 15 is 0 Å². The van der Waals surface area contributed by atoms with E-state index in [0.717, 1.165) is 101 Å². The fraction of sp³-hybridized carbons (Fsp3) is 0.370. The molecular formula is C54H64N16O8. The molecule has 408 valence electrons. The lowest BCUT2D eigenvalue weighted by molar-refractivity contribution is 0.0359. The molecule has 0 amide bonds. The van der Waals surface area contributed by atoms with E-state index in [0.29, 0.717) is 68.3 Å². The normalized spacial score (nSPS) is 13.9. The third-order valence-electron chi connectivity index (χ3n) is 13.6. The molecule has 0 bridgehead atoms. The Balaban J connectivity index is 0.000000190.